The first-order valence-corrected chi connectivity index (χ1v) is 10.1. The predicted octanol–water partition coefficient (Wildman–Crippen LogP) is 4.34. The van der Waals surface area contributed by atoms with Crippen molar-refractivity contribution in [2.45, 2.75) is 37.8 Å². The molecule has 1 heterocycles. The van der Waals surface area contributed by atoms with Crippen molar-refractivity contribution in [2.75, 3.05) is 12.9 Å². The molecule has 3 rings (SSSR count). The maximum atomic E-state index is 12.3. The summed E-state index contributed by atoms with van der Waals surface area (Å²) in [6.07, 6.45) is 0. The molecule has 0 saturated heterocycles. The molecule has 0 fully saturated rings. The van der Waals surface area contributed by atoms with Gasteiger partial charge in [-0.2, -0.15) is 0 Å². The lowest BCUT2D eigenvalue weighted by Gasteiger charge is -2.18. The van der Waals surface area contributed by atoms with Gasteiger partial charge in [0.15, 0.2) is 0 Å². The quantitative estimate of drug-likeness (QED) is 0.497. The molecule has 3 aromatic rings. The first-order chi connectivity index (χ1) is 13.4. The average molecular weight is 396 g/mol. The number of carbonyl (C=O) groups excluding carboxylic acids is 1. The molecule has 0 saturated carbocycles. The number of carbonyl (C=O) groups is 1. The summed E-state index contributed by atoms with van der Waals surface area (Å²) < 4.78 is 5.15. The molecule has 1 N–H and O–H groups in total. The number of thioether (sulfide) groups is 1. The molecule has 0 aliphatic carbocycles. The van der Waals surface area contributed by atoms with Crippen LogP contribution in [0.2, 0.25) is 0 Å². The number of nitrogens with one attached hydrogen (secondary N) is 1. The van der Waals surface area contributed by atoms with Gasteiger partial charge in [-0.15, -0.1) is 0 Å². The molecule has 5 nitrogen and oxygen atoms in total. The van der Waals surface area contributed by atoms with Gasteiger partial charge >= 0.3 is 0 Å². The second kappa shape index (κ2) is 8.61. The summed E-state index contributed by atoms with van der Waals surface area (Å²) in [6, 6.07) is 15.6. The zero-order chi connectivity index (χ0) is 20.1. The second-order valence-electron chi connectivity index (χ2n) is 7.53. The van der Waals surface area contributed by atoms with Gasteiger partial charge in [0, 0.05) is 17.3 Å². The summed E-state index contributed by atoms with van der Waals surface area (Å²) in [4.78, 5) is 21.8. The Bertz CT molecular complexity index is 966. The van der Waals surface area contributed by atoms with Gasteiger partial charge in [0.05, 0.1) is 18.4 Å². The molecule has 6 heteroatoms. The molecular weight excluding hydrogens is 370 g/mol. The van der Waals surface area contributed by atoms with Crippen molar-refractivity contribution in [3.8, 4) is 5.75 Å². The van der Waals surface area contributed by atoms with Gasteiger partial charge in [-0.1, -0.05) is 62.9 Å². The fourth-order valence-electron chi connectivity index (χ4n) is 2.62. The topological polar surface area (TPSA) is 64.1 Å². The third-order valence-corrected chi connectivity index (χ3v) is 5.22. The first-order valence-electron chi connectivity index (χ1n) is 9.16. The Hall–Kier alpha value is -2.60. The van der Waals surface area contributed by atoms with Gasteiger partial charge in [-0.25, -0.2) is 9.97 Å². The lowest BCUT2D eigenvalue weighted by molar-refractivity contribution is -0.118. The lowest BCUT2D eigenvalue weighted by atomic mass is 9.95. The van der Waals surface area contributed by atoms with Crippen LogP contribution < -0.4 is 10.1 Å². The number of rotatable bonds is 6. The highest BCUT2D eigenvalue weighted by molar-refractivity contribution is 8.00. The zero-order valence-corrected chi connectivity index (χ0v) is 17.5. The van der Waals surface area contributed by atoms with Crippen LogP contribution in [-0.2, 0) is 16.8 Å². The number of aromatic nitrogens is 2. The minimum Gasteiger partial charge on any atom is -0.497 e. The Kier molecular flexibility index (Phi) is 6.19. The zero-order valence-electron chi connectivity index (χ0n) is 16.7. The van der Waals surface area contributed by atoms with Gasteiger partial charge in [0.2, 0.25) is 5.91 Å². The number of fused-ring (bicyclic) bond motifs is 1. The first kappa shape index (κ1) is 20.1. The lowest BCUT2D eigenvalue weighted by Crippen LogP contribution is -2.24. The number of hydrogen-bond donors (Lipinski definition) is 1. The Morgan fingerprint density at radius 2 is 1.79 bits per heavy atom. The Labute approximate surface area is 169 Å². The molecule has 0 aliphatic rings. The van der Waals surface area contributed by atoms with Crippen molar-refractivity contribution in [1.82, 2.24) is 15.3 Å². The number of benzene rings is 2. The molecule has 0 radical (unpaired) electrons. The molecule has 1 aromatic heterocycles. The van der Waals surface area contributed by atoms with E-state index in [2.05, 4.69) is 31.1 Å². The minimum atomic E-state index is -0.157. The molecule has 0 aliphatic heterocycles. The average Bonchev–Trinajstić information content (AvgIpc) is 2.70. The summed E-state index contributed by atoms with van der Waals surface area (Å²) in [6.45, 7) is 6.76. The van der Waals surface area contributed by atoms with E-state index in [1.54, 1.807) is 7.11 Å². The normalized spacial score (nSPS) is 11.4. The van der Waals surface area contributed by atoms with Gasteiger partial charge in [-0.05, 0) is 23.8 Å². The largest absolute Gasteiger partial charge is 0.497 e. The highest BCUT2D eigenvalue weighted by atomic mass is 32.2. The molecule has 0 spiro atoms. The van der Waals surface area contributed by atoms with Crippen LogP contribution >= 0.6 is 11.8 Å². The van der Waals surface area contributed by atoms with E-state index in [0.29, 0.717) is 12.3 Å². The maximum Gasteiger partial charge on any atom is 0.230 e. The Morgan fingerprint density at radius 3 is 2.46 bits per heavy atom. The van der Waals surface area contributed by atoms with Crippen molar-refractivity contribution in [3.05, 3.63) is 59.9 Å². The van der Waals surface area contributed by atoms with Crippen molar-refractivity contribution < 1.29 is 9.53 Å². The summed E-state index contributed by atoms with van der Waals surface area (Å²) in [5.74, 6) is 1.87. The molecule has 0 unspecified atom stereocenters. The fourth-order valence-corrected chi connectivity index (χ4v) is 3.47. The number of methoxy groups -OCH3 is 1. The molecule has 0 bridgehead atoms. The molecule has 0 atom stereocenters. The molecule has 1 amide bonds. The molecule has 28 heavy (non-hydrogen) atoms. The van der Waals surface area contributed by atoms with E-state index in [-0.39, 0.29) is 11.3 Å². The molecular formula is C22H25N3O2S. The van der Waals surface area contributed by atoms with Gasteiger partial charge in [-0.3, -0.25) is 4.79 Å². The number of hydrogen-bond acceptors (Lipinski definition) is 5. The highest BCUT2D eigenvalue weighted by Crippen LogP contribution is 2.28. The fraction of sp³-hybridized carbons (Fsp3) is 0.318. The number of ether oxygens (including phenoxy) is 1. The van der Waals surface area contributed by atoms with Gasteiger partial charge in [0.1, 0.15) is 16.6 Å². The Balaban J connectivity index is 1.67. The van der Waals surface area contributed by atoms with E-state index < -0.39 is 0 Å². The van der Waals surface area contributed by atoms with E-state index in [1.807, 2.05) is 48.5 Å². The van der Waals surface area contributed by atoms with E-state index in [0.717, 1.165) is 33.1 Å². The van der Waals surface area contributed by atoms with E-state index in [1.165, 1.54) is 11.8 Å². The van der Waals surface area contributed by atoms with Crippen LogP contribution in [0, 0.1) is 0 Å². The second-order valence-corrected chi connectivity index (χ2v) is 8.50. The van der Waals surface area contributed by atoms with Gasteiger partial charge in [0.25, 0.3) is 0 Å². The van der Waals surface area contributed by atoms with Crippen LogP contribution in [0.5, 0.6) is 5.75 Å². The maximum absolute atomic E-state index is 12.3. The SMILES string of the molecule is COc1ccc(CNC(=O)CSc2nc(C(C)(C)C)nc3ccccc23)cc1. The van der Waals surface area contributed by atoms with E-state index in [4.69, 9.17) is 9.72 Å². The van der Waals surface area contributed by atoms with Crippen molar-refractivity contribution in [1.29, 1.82) is 0 Å². The van der Waals surface area contributed by atoms with Crippen LogP contribution in [0.1, 0.15) is 32.2 Å². The highest BCUT2D eigenvalue weighted by Gasteiger charge is 2.20. The Morgan fingerprint density at radius 1 is 1.07 bits per heavy atom. The third-order valence-electron chi connectivity index (χ3n) is 4.23. The molecule has 146 valence electrons. The summed E-state index contributed by atoms with van der Waals surface area (Å²) in [5.41, 5.74) is 1.78. The third kappa shape index (κ3) is 5.01. The summed E-state index contributed by atoms with van der Waals surface area (Å²) in [7, 11) is 1.63. The van der Waals surface area contributed by atoms with E-state index >= 15 is 0 Å². The smallest absolute Gasteiger partial charge is 0.230 e. The number of amides is 1. The minimum absolute atomic E-state index is 0.0270. The monoisotopic (exact) mass is 395 g/mol. The van der Waals surface area contributed by atoms with Crippen molar-refractivity contribution in [3.63, 3.8) is 0 Å². The van der Waals surface area contributed by atoms with Crippen LogP contribution in [0.15, 0.2) is 53.6 Å². The molecule has 2 aromatic carbocycles. The van der Waals surface area contributed by atoms with Crippen molar-refractivity contribution in [2.24, 2.45) is 0 Å². The standard InChI is InChI=1S/C22H25N3O2S/c1-22(2,3)21-24-18-8-6-5-7-17(18)20(25-21)28-14-19(26)23-13-15-9-11-16(27-4)12-10-15/h5-12H,13-14H2,1-4H3,(H,23,26). The number of para-hydroxylation sites is 1. The van der Waals surface area contributed by atoms with Crippen LogP contribution in [0.25, 0.3) is 10.9 Å². The predicted molar refractivity (Wildman–Crippen MR) is 114 cm³/mol. The van der Waals surface area contributed by atoms with E-state index in [9.17, 15) is 4.79 Å². The summed E-state index contributed by atoms with van der Waals surface area (Å²) in [5, 5.41) is 4.77. The van der Waals surface area contributed by atoms with Crippen LogP contribution in [0.4, 0.5) is 0 Å². The van der Waals surface area contributed by atoms with Gasteiger partial charge < -0.3 is 10.1 Å². The number of nitrogens with zero attached hydrogens (tertiary/aromatic N) is 2. The summed E-state index contributed by atoms with van der Waals surface area (Å²) >= 11 is 1.45. The van der Waals surface area contributed by atoms with Crippen LogP contribution in [-0.4, -0.2) is 28.7 Å². The van der Waals surface area contributed by atoms with Crippen molar-refractivity contribution >= 4 is 28.6 Å². The van der Waals surface area contributed by atoms with Crippen LogP contribution in [0.3, 0.4) is 0 Å².